The standard InChI is InChI=1S/C18H24N2O3S/c1-13-5-6-14(2)18(11-13)24(22,23)19-12-17(21)15-7-9-16(10-8-15)20(3)4/h5-11,17,19,21H,12H2,1-4H3. The minimum absolute atomic E-state index is 0.0724. The van der Waals surface area contributed by atoms with E-state index in [2.05, 4.69) is 4.72 Å². The molecule has 1 unspecified atom stereocenters. The van der Waals surface area contributed by atoms with E-state index in [1.807, 2.05) is 44.1 Å². The smallest absolute Gasteiger partial charge is 0.240 e. The van der Waals surface area contributed by atoms with Gasteiger partial charge in [-0.05, 0) is 48.7 Å². The minimum Gasteiger partial charge on any atom is -0.387 e. The number of aliphatic hydroxyl groups is 1. The Labute approximate surface area is 144 Å². The lowest BCUT2D eigenvalue weighted by atomic mass is 10.1. The summed E-state index contributed by atoms with van der Waals surface area (Å²) in [6.45, 7) is 3.53. The molecular formula is C18H24N2O3S. The van der Waals surface area contributed by atoms with Gasteiger partial charge in [-0.3, -0.25) is 0 Å². The van der Waals surface area contributed by atoms with E-state index >= 15 is 0 Å². The third-order valence-electron chi connectivity index (χ3n) is 3.89. The second-order valence-corrected chi connectivity index (χ2v) is 7.86. The van der Waals surface area contributed by atoms with Gasteiger partial charge in [0.15, 0.2) is 0 Å². The molecule has 0 spiro atoms. The van der Waals surface area contributed by atoms with Gasteiger partial charge >= 0.3 is 0 Å². The molecule has 0 bridgehead atoms. The summed E-state index contributed by atoms with van der Waals surface area (Å²) in [5.74, 6) is 0. The molecule has 0 saturated heterocycles. The van der Waals surface area contributed by atoms with E-state index in [0.29, 0.717) is 11.1 Å². The molecule has 0 radical (unpaired) electrons. The molecule has 2 aromatic carbocycles. The van der Waals surface area contributed by atoms with Gasteiger partial charge in [-0.1, -0.05) is 24.3 Å². The summed E-state index contributed by atoms with van der Waals surface area (Å²) in [5, 5.41) is 10.2. The Morgan fingerprint density at radius 3 is 2.29 bits per heavy atom. The number of benzene rings is 2. The van der Waals surface area contributed by atoms with E-state index in [1.54, 1.807) is 31.2 Å². The first-order valence-corrected chi connectivity index (χ1v) is 9.21. The van der Waals surface area contributed by atoms with Gasteiger partial charge in [0.2, 0.25) is 10.0 Å². The molecule has 0 heterocycles. The predicted molar refractivity (Wildman–Crippen MR) is 96.8 cm³/mol. The Hall–Kier alpha value is -1.89. The normalized spacial score (nSPS) is 12.9. The Morgan fingerprint density at radius 2 is 1.71 bits per heavy atom. The van der Waals surface area contributed by atoms with Crippen LogP contribution < -0.4 is 9.62 Å². The van der Waals surface area contributed by atoms with Gasteiger partial charge in [0.25, 0.3) is 0 Å². The van der Waals surface area contributed by atoms with Crippen molar-refractivity contribution in [3.63, 3.8) is 0 Å². The van der Waals surface area contributed by atoms with Gasteiger partial charge in [0.1, 0.15) is 0 Å². The summed E-state index contributed by atoms with van der Waals surface area (Å²) in [7, 11) is 0.212. The van der Waals surface area contributed by atoms with Crippen molar-refractivity contribution >= 4 is 15.7 Å². The first-order chi connectivity index (χ1) is 11.2. The monoisotopic (exact) mass is 348 g/mol. The molecule has 0 saturated carbocycles. The number of sulfonamides is 1. The van der Waals surface area contributed by atoms with E-state index in [4.69, 9.17) is 0 Å². The van der Waals surface area contributed by atoms with Crippen LogP contribution in [0, 0.1) is 13.8 Å². The summed E-state index contributed by atoms with van der Waals surface area (Å²) < 4.78 is 27.4. The molecule has 0 aliphatic rings. The summed E-state index contributed by atoms with van der Waals surface area (Å²) in [6, 6.07) is 12.7. The average molecular weight is 348 g/mol. The molecule has 0 aromatic heterocycles. The number of hydrogen-bond acceptors (Lipinski definition) is 4. The fraction of sp³-hybridized carbons (Fsp3) is 0.333. The van der Waals surface area contributed by atoms with Gasteiger partial charge in [0.05, 0.1) is 11.0 Å². The van der Waals surface area contributed by atoms with Crippen LogP contribution in [0.2, 0.25) is 0 Å². The van der Waals surface area contributed by atoms with Crippen LogP contribution in [-0.4, -0.2) is 34.2 Å². The van der Waals surface area contributed by atoms with E-state index in [0.717, 1.165) is 11.3 Å². The van der Waals surface area contributed by atoms with Crippen LogP contribution in [0.1, 0.15) is 22.8 Å². The van der Waals surface area contributed by atoms with Crippen molar-refractivity contribution in [2.45, 2.75) is 24.8 Å². The molecule has 5 nitrogen and oxygen atoms in total. The second-order valence-electron chi connectivity index (χ2n) is 6.12. The van der Waals surface area contributed by atoms with Crippen LogP contribution >= 0.6 is 0 Å². The first kappa shape index (κ1) is 18.4. The fourth-order valence-electron chi connectivity index (χ4n) is 2.38. The zero-order chi connectivity index (χ0) is 17.9. The van der Waals surface area contributed by atoms with Crippen molar-refractivity contribution in [1.82, 2.24) is 4.72 Å². The number of anilines is 1. The Kier molecular flexibility index (Phi) is 5.64. The molecule has 2 N–H and O–H groups in total. The predicted octanol–water partition coefficient (Wildman–Crippen LogP) is 2.38. The molecule has 2 rings (SSSR count). The lowest BCUT2D eigenvalue weighted by molar-refractivity contribution is 0.182. The first-order valence-electron chi connectivity index (χ1n) is 7.73. The van der Waals surface area contributed by atoms with Gasteiger partial charge < -0.3 is 10.0 Å². The van der Waals surface area contributed by atoms with Gasteiger partial charge in [-0.15, -0.1) is 0 Å². The van der Waals surface area contributed by atoms with Crippen LogP contribution in [-0.2, 0) is 10.0 Å². The minimum atomic E-state index is -3.66. The highest BCUT2D eigenvalue weighted by Crippen LogP contribution is 2.20. The quantitative estimate of drug-likeness (QED) is 0.841. The zero-order valence-electron chi connectivity index (χ0n) is 14.4. The van der Waals surface area contributed by atoms with Crippen molar-refractivity contribution < 1.29 is 13.5 Å². The fourth-order valence-corrected chi connectivity index (χ4v) is 3.74. The number of nitrogens with zero attached hydrogens (tertiary/aromatic N) is 1. The third-order valence-corrected chi connectivity index (χ3v) is 5.46. The number of rotatable bonds is 6. The topological polar surface area (TPSA) is 69.6 Å². The molecule has 0 aliphatic heterocycles. The maximum Gasteiger partial charge on any atom is 0.240 e. The lowest BCUT2D eigenvalue weighted by Crippen LogP contribution is -2.29. The average Bonchev–Trinajstić information content (AvgIpc) is 2.55. The molecule has 6 heteroatoms. The van der Waals surface area contributed by atoms with Crippen LogP contribution in [0.25, 0.3) is 0 Å². The number of aliphatic hydroxyl groups excluding tert-OH is 1. The highest BCUT2D eigenvalue weighted by molar-refractivity contribution is 7.89. The van der Waals surface area contributed by atoms with Crippen LogP contribution in [0.3, 0.4) is 0 Å². The molecule has 24 heavy (non-hydrogen) atoms. The number of nitrogens with one attached hydrogen (secondary N) is 1. The van der Waals surface area contributed by atoms with Crippen LogP contribution in [0.15, 0.2) is 47.4 Å². The van der Waals surface area contributed by atoms with Crippen molar-refractivity contribution in [3.05, 3.63) is 59.2 Å². The van der Waals surface area contributed by atoms with Gasteiger partial charge in [-0.2, -0.15) is 0 Å². The van der Waals surface area contributed by atoms with Crippen molar-refractivity contribution in [3.8, 4) is 0 Å². The Balaban J connectivity index is 2.10. The van der Waals surface area contributed by atoms with E-state index in [-0.39, 0.29) is 11.4 Å². The third kappa shape index (κ3) is 4.35. The van der Waals surface area contributed by atoms with Gasteiger partial charge in [0, 0.05) is 26.3 Å². The SMILES string of the molecule is Cc1ccc(C)c(S(=O)(=O)NCC(O)c2ccc(N(C)C)cc2)c1. The largest absolute Gasteiger partial charge is 0.387 e. The maximum absolute atomic E-state index is 12.5. The zero-order valence-corrected chi connectivity index (χ0v) is 15.3. The van der Waals surface area contributed by atoms with Crippen molar-refractivity contribution in [1.29, 1.82) is 0 Å². The molecule has 0 aliphatic carbocycles. The highest BCUT2D eigenvalue weighted by Gasteiger charge is 2.19. The molecule has 2 aromatic rings. The van der Waals surface area contributed by atoms with Crippen LogP contribution in [0.4, 0.5) is 5.69 Å². The summed E-state index contributed by atoms with van der Waals surface area (Å²) in [5.41, 5.74) is 3.24. The molecule has 1 atom stereocenters. The van der Waals surface area contributed by atoms with E-state index < -0.39 is 16.1 Å². The lowest BCUT2D eigenvalue weighted by Gasteiger charge is -2.16. The highest BCUT2D eigenvalue weighted by atomic mass is 32.2. The number of aryl methyl sites for hydroxylation is 2. The maximum atomic E-state index is 12.5. The van der Waals surface area contributed by atoms with Gasteiger partial charge in [-0.25, -0.2) is 13.1 Å². The molecular weight excluding hydrogens is 324 g/mol. The second kappa shape index (κ2) is 7.34. The Morgan fingerprint density at radius 1 is 1.08 bits per heavy atom. The van der Waals surface area contributed by atoms with E-state index in [9.17, 15) is 13.5 Å². The summed E-state index contributed by atoms with van der Waals surface area (Å²) in [6.07, 6.45) is -0.902. The molecule has 130 valence electrons. The van der Waals surface area contributed by atoms with Crippen molar-refractivity contribution in [2.24, 2.45) is 0 Å². The summed E-state index contributed by atoms with van der Waals surface area (Å²) >= 11 is 0. The van der Waals surface area contributed by atoms with Crippen LogP contribution in [0.5, 0.6) is 0 Å². The summed E-state index contributed by atoms with van der Waals surface area (Å²) in [4.78, 5) is 2.21. The van der Waals surface area contributed by atoms with Crippen molar-refractivity contribution in [2.75, 3.05) is 25.5 Å². The molecule has 0 fully saturated rings. The Bertz CT molecular complexity index is 800. The van der Waals surface area contributed by atoms with E-state index in [1.165, 1.54) is 0 Å². The number of hydrogen-bond donors (Lipinski definition) is 2. The molecule has 0 amide bonds.